The Morgan fingerprint density at radius 1 is 1.00 bits per heavy atom. The molecule has 1 aliphatic heterocycles. The first-order chi connectivity index (χ1) is 10.5. The molecule has 0 bridgehead atoms. The zero-order valence-electron chi connectivity index (χ0n) is 14.6. The molecule has 130 valence electrons. The Labute approximate surface area is 134 Å². The smallest absolute Gasteiger partial charge is 0.287 e. The van der Waals surface area contributed by atoms with Gasteiger partial charge in [0.2, 0.25) is 0 Å². The summed E-state index contributed by atoms with van der Waals surface area (Å²) in [6.07, 6.45) is 3.36. The van der Waals surface area contributed by atoms with Crippen LogP contribution in [0.15, 0.2) is 0 Å². The molecule has 1 heterocycles. The van der Waals surface area contributed by atoms with Crippen LogP contribution in [-0.4, -0.2) is 100.0 Å². The fraction of sp³-hybridized carbons (Fsp3) is 0.933. The van der Waals surface area contributed by atoms with E-state index in [0.717, 1.165) is 37.8 Å². The molecular weight excluding hydrogens is 284 g/mol. The Morgan fingerprint density at radius 2 is 1.64 bits per heavy atom. The number of rotatable bonds is 11. The number of hydrogen-bond donors (Lipinski definition) is 0. The van der Waals surface area contributed by atoms with Crippen molar-refractivity contribution in [2.24, 2.45) is 0 Å². The van der Waals surface area contributed by atoms with Crippen LogP contribution in [0.5, 0.6) is 0 Å². The quantitative estimate of drug-likeness (QED) is 0.403. The summed E-state index contributed by atoms with van der Waals surface area (Å²) in [7, 11) is 7.74. The van der Waals surface area contributed by atoms with Crippen molar-refractivity contribution in [1.82, 2.24) is 19.9 Å². The fourth-order valence-corrected chi connectivity index (χ4v) is 2.30. The van der Waals surface area contributed by atoms with Crippen molar-refractivity contribution >= 4 is 5.91 Å². The molecule has 1 amide bonds. The van der Waals surface area contributed by atoms with Gasteiger partial charge >= 0.3 is 0 Å². The summed E-state index contributed by atoms with van der Waals surface area (Å²) in [6.45, 7) is 5.24. The number of nitrogens with zero attached hydrogens (tertiary/aromatic N) is 4. The van der Waals surface area contributed by atoms with Gasteiger partial charge in [-0.3, -0.25) is 4.79 Å². The van der Waals surface area contributed by atoms with Gasteiger partial charge in [-0.25, -0.2) is 9.68 Å². The number of amides is 1. The predicted octanol–water partition coefficient (Wildman–Crippen LogP) is 0.287. The van der Waals surface area contributed by atoms with Crippen molar-refractivity contribution in [2.45, 2.75) is 19.3 Å². The minimum atomic E-state index is -0.170. The molecule has 1 aliphatic rings. The van der Waals surface area contributed by atoms with Crippen LogP contribution >= 0.6 is 0 Å². The monoisotopic (exact) mass is 316 g/mol. The van der Waals surface area contributed by atoms with E-state index in [1.807, 2.05) is 33.1 Å². The minimum Gasteiger partial charge on any atom is -0.309 e. The van der Waals surface area contributed by atoms with Gasteiger partial charge < -0.3 is 14.7 Å². The first-order valence-electron chi connectivity index (χ1n) is 8.09. The van der Waals surface area contributed by atoms with Crippen molar-refractivity contribution in [3.05, 3.63) is 0 Å². The third kappa shape index (κ3) is 8.65. The van der Waals surface area contributed by atoms with E-state index in [1.54, 1.807) is 0 Å². The highest BCUT2D eigenvalue weighted by Gasteiger charge is 2.18. The number of carbonyl (C=O) groups is 1. The number of hydroxylamine groups is 2. The van der Waals surface area contributed by atoms with E-state index in [4.69, 9.17) is 9.68 Å². The lowest BCUT2D eigenvalue weighted by molar-refractivity contribution is -0.342. The van der Waals surface area contributed by atoms with Crippen LogP contribution in [0.25, 0.3) is 0 Å². The lowest BCUT2D eigenvalue weighted by Gasteiger charge is -2.24. The highest BCUT2D eigenvalue weighted by Crippen LogP contribution is 2.07. The fourth-order valence-electron chi connectivity index (χ4n) is 2.30. The van der Waals surface area contributed by atoms with Gasteiger partial charge in [0.25, 0.3) is 5.91 Å². The zero-order chi connectivity index (χ0) is 16.4. The normalized spacial score (nSPS) is 15.9. The van der Waals surface area contributed by atoms with Crippen molar-refractivity contribution in [1.29, 1.82) is 0 Å². The molecule has 0 unspecified atom stereocenters. The molecule has 0 aromatic carbocycles. The van der Waals surface area contributed by atoms with Crippen molar-refractivity contribution in [2.75, 3.05) is 74.1 Å². The first-order valence-corrected chi connectivity index (χ1v) is 8.09. The summed E-state index contributed by atoms with van der Waals surface area (Å²) in [6, 6.07) is 0. The zero-order valence-corrected chi connectivity index (χ0v) is 14.6. The SMILES string of the molecule is CN(C)CCCON(OCCN1CCCC1)C(=O)CN(C)C. The van der Waals surface area contributed by atoms with E-state index in [9.17, 15) is 4.79 Å². The van der Waals surface area contributed by atoms with Crippen molar-refractivity contribution < 1.29 is 14.5 Å². The second-order valence-electron chi connectivity index (χ2n) is 6.26. The third-order valence-corrected chi connectivity index (χ3v) is 3.43. The third-order valence-electron chi connectivity index (χ3n) is 3.43. The van der Waals surface area contributed by atoms with E-state index in [0.29, 0.717) is 13.2 Å². The van der Waals surface area contributed by atoms with Gasteiger partial charge in [-0.15, -0.1) is 0 Å². The van der Waals surface area contributed by atoms with Gasteiger partial charge in [0, 0.05) is 6.54 Å². The van der Waals surface area contributed by atoms with E-state index < -0.39 is 0 Å². The Kier molecular flexibility index (Phi) is 9.58. The van der Waals surface area contributed by atoms with Crippen LogP contribution in [0.4, 0.5) is 0 Å². The minimum absolute atomic E-state index is 0.170. The summed E-state index contributed by atoms with van der Waals surface area (Å²) >= 11 is 0. The summed E-state index contributed by atoms with van der Waals surface area (Å²) < 4.78 is 0. The van der Waals surface area contributed by atoms with Crippen LogP contribution in [0.1, 0.15) is 19.3 Å². The average molecular weight is 316 g/mol. The number of likely N-dealkylation sites (tertiary alicyclic amines) is 1. The molecule has 1 rings (SSSR count). The van der Waals surface area contributed by atoms with Gasteiger partial charge in [0.1, 0.15) is 0 Å². The number of likely N-dealkylation sites (N-methyl/N-ethyl adjacent to an activating group) is 1. The van der Waals surface area contributed by atoms with E-state index in [-0.39, 0.29) is 12.5 Å². The molecule has 22 heavy (non-hydrogen) atoms. The molecule has 0 atom stereocenters. The Bertz CT molecular complexity index is 307. The molecular formula is C15H32N4O3. The lowest BCUT2D eigenvalue weighted by atomic mass is 10.4. The molecule has 0 saturated carbocycles. The molecule has 0 aliphatic carbocycles. The Morgan fingerprint density at radius 3 is 2.23 bits per heavy atom. The maximum absolute atomic E-state index is 12.1. The molecule has 1 saturated heterocycles. The van der Waals surface area contributed by atoms with Crippen LogP contribution in [0.3, 0.4) is 0 Å². The predicted molar refractivity (Wildman–Crippen MR) is 86.1 cm³/mol. The van der Waals surface area contributed by atoms with Crippen LogP contribution in [0, 0.1) is 0 Å². The number of carbonyl (C=O) groups excluding carboxylic acids is 1. The summed E-state index contributed by atoms with van der Waals surface area (Å²) in [5, 5.41) is 1.08. The molecule has 7 nitrogen and oxygen atoms in total. The van der Waals surface area contributed by atoms with Crippen LogP contribution < -0.4 is 0 Å². The summed E-state index contributed by atoms with van der Waals surface area (Å²) in [5.74, 6) is -0.170. The van der Waals surface area contributed by atoms with E-state index in [1.165, 1.54) is 12.8 Å². The van der Waals surface area contributed by atoms with E-state index in [2.05, 4.69) is 9.80 Å². The highest BCUT2D eigenvalue weighted by molar-refractivity contribution is 5.76. The highest BCUT2D eigenvalue weighted by atomic mass is 17.0. The maximum Gasteiger partial charge on any atom is 0.287 e. The molecule has 1 fully saturated rings. The van der Waals surface area contributed by atoms with Gasteiger partial charge in [0.15, 0.2) is 0 Å². The first kappa shape index (κ1) is 19.3. The largest absolute Gasteiger partial charge is 0.309 e. The molecule has 0 aromatic heterocycles. The lowest BCUT2D eigenvalue weighted by Crippen LogP contribution is -2.40. The van der Waals surface area contributed by atoms with Crippen molar-refractivity contribution in [3.63, 3.8) is 0 Å². The Balaban J connectivity index is 2.30. The van der Waals surface area contributed by atoms with Crippen LogP contribution in [0.2, 0.25) is 0 Å². The van der Waals surface area contributed by atoms with Gasteiger partial charge in [-0.2, -0.15) is 0 Å². The molecule has 0 aromatic rings. The summed E-state index contributed by atoms with van der Waals surface area (Å²) in [5.41, 5.74) is 0. The molecule has 0 spiro atoms. The van der Waals surface area contributed by atoms with Gasteiger partial charge in [-0.1, -0.05) is 5.23 Å². The van der Waals surface area contributed by atoms with Crippen molar-refractivity contribution in [3.8, 4) is 0 Å². The topological polar surface area (TPSA) is 48.5 Å². The maximum atomic E-state index is 12.1. The van der Waals surface area contributed by atoms with Gasteiger partial charge in [0.05, 0.1) is 19.8 Å². The molecule has 0 N–H and O–H groups in total. The summed E-state index contributed by atoms with van der Waals surface area (Å²) in [4.78, 5) is 29.4. The second kappa shape index (κ2) is 10.9. The second-order valence-corrected chi connectivity index (χ2v) is 6.26. The average Bonchev–Trinajstić information content (AvgIpc) is 2.93. The molecule has 7 heteroatoms. The standard InChI is InChI=1S/C15H32N4O3/c1-16(2)8-7-12-21-19(15(20)14-17(3)4)22-13-11-18-9-5-6-10-18/h5-14H2,1-4H3. The van der Waals surface area contributed by atoms with E-state index >= 15 is 0 Å². The van der Waals surface area contributed by atoms with Crippen LogP contribution in [-0.2, 0) is 14.5 Å². The Hall–Kier alpha value is -0.730. The number of hydrogen-bond acceptors (Lipinski definition) is 6. The molecule has 0 radical (unpaired) electrons. The van der Waals surface area contributed by atoms with Gasteiger partial charge in [-0.05, 0) is 67.1 Å².